The molecule has 0 aromatic rings. The van der Waals surface area contributed by atoms with Crippen molar-refractivity contribution in [2.45, 2.75) is 44.6 Å². The zero-order valence-corrected chi connectivity index (χ0v) is 17.2. The molecule has 136 valence electrons. The first-order valence-electron chi connectivity index (χ1n) is 8.14. The Balaban J connectivity index is 0.00000264. The fourth-order valence-electron chi connectivity index (χ4n) is 2.87. The van der Waals surface area contributed by atoms with Gasteiger partial charge in [0.25, 0.3) is 10.2 Å². The molecular formula is C14H30IN5O2S. The Labute approximate surface area is 157 Å². The molecule has 0 amide bonds. The van der Waals surface area contributed by atoms with Crippen molar-refractivity contribution in [3.8, 4) is 0 Å². The molecule has 0 radical (unpaired) electrons. The first kappa shape index (κ1) is 20.9. The summed E-state index contributed by atoms with van der Waals surface area (Å²) in [5.41, 5.74) is 5.89. The van der Waals surface area contributed by atoms with Crippen molar-refractivity contribution < 1.29 is 8.42 Å². The van der Waals surface area contributed by atoms with E-state index in [-0.39, 0.29) is 30.0 Å². The lowest BCUT2D eigenvalue weighted by Crippen LogP contribution is -2.53. The summed E-state index contributed by atoms with van der Waals surface area (Å²) in [6, 6.07) is -0.0568. The SMILES string of the molecule is CN(C)S(=O)(=O)N1CCCCC1CNC(N)=NCC1CCC1.I. The molecule has 9 heteroatoms. The molecule has 2 aliphatic rings. The highest BCUT2D eigenvalue weighted by molar-refractivity contribution is 14.0. The molecule has 1 aliphatic heterocycles. The summed E-state index contributed by atoms with van der Waals surface area (Å²) in [5, 5.41) is 3.10. The maximum atomic E-state index is 12.4. The maximum absolute atomic E-state index is 12.4. The van der Waals surface area contributed by atoms with Crippen LogP contribution in [-0.4, -0.2) is 62.8 Å². The van der Waals surface area contributed by atoms with Crippen LogP contribution in [0.1, 0.15) is 38.5 Å². The van der Waals surface area contributed by atoms with E-state index in [9.17, 15) is 8.42 Å². The van der Waals surface area contributed by atoms with Gasteiger partial charge in [0.15, 0.2) is 5.96 Å². The van der Waals surface area contributed by atoms with Gasteiger partial charge in [-0.1, -0.05) is 12.8 Å². The van der Waals surface area contributed by atoms with Crippen LogP contribution in [0.5, 0.6) is 0 Å². The third kappa shape index (κ3) is 5.71. The van der Waals surface area contributed by atoms with Crippen molar-refractivity contribution in [1.82, 2.24) is 13.9 Å². The molecule has 7 nitrogen and oxygen atoms in total. The Kier molecular flexibility index (Phi) is 8.53. The summed E-state index contributed by atoms with van der Waals surface area (Å²) >= 11 is 0. The van der Waals surface area contributed by atoms with Crippen molar-refractivity contribution in [2.24, 2.45) is 16.6 Å². The molecule has 23 heavy (non-hydrogen) atoms. The molecule has 2 fully saturated rings. The highest BCUT2D eigenvalue weighted by Gasteiger charge is 2.33. The largest absolute Gasteiger partial charge is 0.370 e. The Bertz CT molecular complexity index is 493. The van der Waals surface area contributed by atoms with Crippen molar-refractivity contribution in [3.05, 3.63) is 0 Å². The van der Waals surface area contributed by atoms with E-state index >= 15 is 0 Å². The van der Waals surface area contributed by atoms with Gasteiger partial charge in [0, 0.05) is 39.8 Å². The zero-order valence-electron chi connectivity index (χ0n) is 14.1. The number of piperidine rings is 1. The van der Waals surface area contributed by atoms with Gasteiger partial charge in [-0.05, 0) is 31.6 Å². The summed E-state index contributed by atoms with van der Waals surface area (Å²) in [7, 11) is -0.227. The molecule has 0 aromatic heterocycles. The number of aliphatic imine (C=N–C) groups is 1. The van der Waals surface area contributed by atoms with Gasteiger partial charge in [-0.15, -0.1) is 24.0 Å². The lowest BCUT2D eigenvalue weighted by atomic mass is 9.86. The first-order valence-corrected chi connectivity index (χ1v) is 9.54. The van der Waals surface area contributed by atoms with E-state index < -0.39 is 10.2 Å². The van der Waals surface area contributed by atoms with Crippen LogP contribution >= 0.6 is 24.0 Å². The van der Waals surface area contributed by atoms with E-state index in [1.54, 1.807) is 18.4 Å². The number of nitrogens with two attached hydrogens (primary N) is 1. The second-order valence-electron chi connectivity index (χ2n) is 6.45. The molecule has 1 heterocycles. The molecular weight excluding hydrogens is 429 g/mol. The number of nitrogens with one attached hydrogen (secondary N) is 1. The number of rotatable bonds is 6. The number of halogens is 1. The van der Waals surface area contributed by atoms with Crippen molar-refractivity contribution in [2.75, 3.05) is 33.7 Å². The minimum absolute atomic E-state index is 0. The van der Waals surface area contributed by atoms with Gasteiger partial charge in [0.05, 0.1) is 0 Å². The Hall–Kier alpha value is -0.130. The summed E-state index contributed by atoms with van der Waals surface area (Å²) < 4.78 is 27.6. The van der Waals surface area contributed by atoms with E-state index in [0.29, 0.717) is 25.0 Å². The van der Waals surface area contributed by atoms with Gasteiger partial charge in [0.1, 0.15) is 0 Å². The van der Waals surface area contributed by atoms with Crippen LogP contribution in [0.25, 0.3) is 0 Å². The lowest BCUT2D eigenvalue weighted by molar-refractivity contribution is 0.240. The minimum Gasteiger partial charge on any atom is -0.370 e. The van der Waals surface area contributed by atoms with Gasteiger partial charge >= 0.3 is 0 Å². The maximum Gasteiger partial charge on any atom is 0.281 e. The molecule has 1 atom stereocenters. The summed E-state index contributed by atoms with van der Waals surface area (Å²) in [6.45, 7) is 1.88. The predicted molar refractivity (Wildman–Crippen MR) is 104 cm³/mol. The van der Waals surface area contributed by atoms with Gasteiger partial charge in [0.2, 0.25) is 0 Å². The summed E-state index contributed by atoms with van der Waals surface area (Å²) in [6.07, 6.45) is 6.60. The van der Waals surface area contributed by atoms with Crippen LogP contribution in [0, 0.1) is 5.92 Å². The van der Waals surface area contributed by atoms with E-state index in [4.69, 9.17) is 5.73 Å². The fourth-order valence-corrected chi connectivity index (χ4v) is 4.21. The summed E-state index contributed by atoms with van der Waals surface area (Å²) in [5.74, 6) is 1.11. The molecule has 1 saturated heterocycles. The van der Waals surface area contributed by atoms with Crippen LogP contribution in [0.3, 0.4) is 0 Å². The Morgan fingerprint density at radius 2 is 1.96 bits per heavy atom. The Morgan fingerprint density at radius 3 is 2.52 bits per heavy atom. The number of hydrogen-bond donors (Lipinski definition) is 2. The second kappa shape index (κ2) is 9.38. The van der Waals surface area contributed by atoms with Gasteiger partial charge in [-0.25, -0.2) is 0 Å². The van der Waals surface area contributed by atoms with Crippen LogP contribution in [-0.2, 0) is 10.2 Å². The van der Waals surface area contributed by atoms with Gasteiger partial charge in [-0.2, -0.15) is 17.0 Å². The van der Waals surface area contributed by atoms with Crippen LogP contribution < -0.4 is 11.1 Å². The molecule has 0 spiro atoms. The molecule has 0 aromatic carbocycles. The lowest BCUT2D eigenvalue weighted by Gasteiger charge is -2.36. The average Bonchev–Trinajstić information content (AvgIpc) is 2.43. The standard InChI is InChI=1S/C14H29N5O2S.HI/c1-18(2)22(20,21)19-9-4-3-8-13(19)11-17-14(15)16-10-12-6-5-7-12;/h12-13H,3-11H2,1-2H3,(H3,15,16,17);1H. The van der Waals surface area contributed by atoms with E-state index in [2.05, 4.69) is 10.3 Å². The van der Waals surface area contributed by atoms with Crippen LogP contribution in [0.4, 0.5) is 0 Å². The molecule has 2 rings (SSSR count). The van der Waals surface area contributed by atoms with Crippen molar-refractivity contribution in [3.63, 3.8) is 0 Å². The smallest absolute Gasteiger partial charge is 0.281 e. The third-order valence-electron chi connectivity index (χ3n) is 4.59. The second-order valence-corrected chi connectivity index (χ2v) is 8.55. The molecule has 3 N–H and O–H groups in total. The monoisotopic (exact) mass is 459 g/mol. The molecule has 1 aliphatic carbocycles. The predicted octanol–water partition coefficient (Wildman–Crippen LogP) is 0.970. The average molecular weight is 459 g/mol. The van der Waals surface area contributed by atoms with E-state index in [0.717, 1.165) is 25.8 Å². The van der Waals surface area contributed by atoms with E-state index in [1.807, 2.05) is 0 Å². The molecule has 1 saturated carbocycles. The topological polar surface area (TPSA) is 91.0 Å². The van der Waals surface area contributed by atoms with E-state index in [1.165, 1.54) is 23.6 Å². The van der Waals surface area contributed by atoms with Gasteiger partial charge < -0.3 is 11.1 Å². The minimum atomic E-state index is -3.37. The first-order chi connectivity index (χ1) is 10.4. The quantitative estimate of drug-likeness (QED) is 0.352. The third-order valence-corrected chi connectivity index (χ3v) is 6.59. The highest BCUT2D eigenvalue weighted by atomic mass is 127. The van der Waals surface area contributed by atoms with Crippen LogP contribution in [0.15, 0.2) is 4.99 Å². The number of hydrogen-bond acceptors (Lipinski definition) is 3. The highest BCUT2D eigenvalue weighted by Crippen LogP contribution is 2.26. The van der Waals surface area contributed by atoms with Crippen molar-refractivity contribution >= 4 is 40.1 Å². The Morgan fingerprint density at radius 1 is 1.26 bits per heavy atom. The zero-order chi connectivity index (χ0) is 16.2. The summed E-state index contributed by atoms with van der Waals surface area (Å²) in [4.78, 5) is 4.36. The number of nitrogens with zero attached hydrogens (tertiary/aromatic N) is 3. The fraction of sp³-hybridized carbons (Fsp3) is 0.929. The van der Waals surface area contributed by atoms with Crippen molar-refractivity contribution in [1.29, 1.82) is 0 Å². The molecule has 0 bridgehead atoms. The van der Waals surface area contributed by atoms with Gasteiger partial charge in [-0.3, -0.25) is 4.99 Å². The number of guanidine groups is 1. The van der Waals surface area contributed by atoms with Crippen LogP contribution in [0.2, 0.25) is 0 Å². The normalized spacial score (nSPS) is 24.1. The molecule has 1 unspecified atom stereocenters.